The summed E-state index contributed by atoms with van der Waals surface area (Å²) in [5, 5.41) is 7.12. The molecule has 2 nitrogen and oxygen atoms in total. The molecule has 0 radical (unpaired) electrons. The van der Waals surface area contributed by atoms with Gasteiger partial charge < -0.3 is 5.11 Å². The molecule has 0 aliphatic rings. The molecular weight excluding hydrogens is 312 g/mol. The highest BCUT2D eigenvalue weighted by atomic mass is 127. The molecule has 6 heteroatoms. The quantitative estimate of drug-likeness (QED) is 0.747. The van der Waals surface area contributed by atoms with Crippen LogP contribution in [0.15, 0.2) is 30.3 Å². The van der Waals surface area contributed by atoms with Gasteiger partial charge in [0.2, 0.25) is 0 Å². The normalized spacial score (nSPS) is 10.0. The van der Waals surface area contributed by atoms with Crippen LogP contribution in [0.1, 0.15) is 0 Å². The van der Waals surface area contributed by atoms with Crippen LogP contribution in [0.2, 0.25) is 0 Å². The fourth-order valence-electron chi connectivity index (χ4n) is 0.415. The molecule has 0 saturated carbocycles. The molecule has 1 aromatic carbocycles. The summed E-state index contributed by atoms with van der Waals surface area (Å²) in [5.74, 6) is -2.76. The Kier molecular flexibility index (Phi) is 5.51. The van der Waals surface area contributed by atoms with Gasteiger partial charge in [0.25, 0.3) is 0 Å². The first-order valence-corrected chi connectivity index (χ1v) is 4.42. The van der Waals surface area contributed by atoms with Crippen molar-refractivity contribution >= 4 is 28.6 Å². The molecule has 0 aliphatic carbocycles. The number of carboxylic acids is 1. The first kappa shape index (κ1) is 13.2. The molecule has 0 amide bonds. The second-order valence-electron chi connectivity index (χ2n) is 2.10. The van der Waals surface area contributed by atoms with Crippen molar-refractivity contribution in [1.82, 2.24) is 0 Å². The van der Waals surface area contributed by atoms with Crippen molar-refractivity contribution in [3.63, 3.8) is 0 Å². The maximum atomic E-state index is 10.6. The third kappa shape index (κ3) is 6.70. The zero-order chi connectivity index (χ0) is 11.2. The van der Waals surface area contributed by atoms with E-state index in [0.29, 0.717) is 0 Å². The van der Waals surface area contributed by atoms with E-state index in [0.717, 1.165) is 0 Å². The lowest BCUT2D eigenvalue weighted by molar-refractivity contribution is -0.192. The molecule has 0 aliphatic heterocycles. The van der Waals surface area contributed by atoms with Gasteiger partial charge in [-0.1, -0.05) is 18.2 Å². The van der Waals surface area contributed by atoms with Gasteiger partial charge in [0, 0.05) is 3.57 Å². The predicted molar refractivity (Wildman–Crippen MR) is 52.8 cm³/mol. The van der Waals surface area contributed by atoms with E-state index in [1.54, 1.807) is 0 Å². The Balaban J connectivity index is 0.000000241. The number of carbonyl (C=O) groups is 1. The van der Waals surface area contributed by atoms with E-state index in [2.05, 4.69) is 34.7 Å². The molecule has 0 aromatic heterocycles. The summed E-state index contributed by atoms with van der Waals surface area (Å²) in [6.45, 7) is 0. The predicted octanol–water partition coefficient (Wildman–Crippen LogP) is 2.92. The van der Waals surface area contributed by atoms with E-state index >= 15 is 0 Å². The molecule has 0 atom stereocenters. The lowest BCUT2D eigenvalue weighted by Crippen LogP contribution is -2.21. The molecule has 1 aromatic rings. The highest BCUT2D eigenvalue weighted by Crippen LogP contribution is 2.13. The van der Waals surface area contributed by atoms with Gasteiger partial charge >= 0.3 is 12.1 Å². The van der Waals surface area contributed by atoms with E-state index in [1.807, 2.05) is 18.2 Å². The van der Waals surface area contributed by atoms with E-state index in [1.165, 1.54) is 3.57 Å². The summed E-state index contributed by atoms with van der Waals surface area (Å²) in [6, 6.07) is 10.2. The number of rotatable bonds is 0. The van der Waals surface area contributed by atoms with Crippen molar-refractivity contribution in [3.05, 3.63) is 33.9 Å². The van der Waals surface area contributed by atoms with Gasteiger partial charge in [-0.25, -0.2) is 4.79 Å². The number of halogens is 4. The second-order valence-corrected chi connectivity index (χ2v) is 3.34. The van der Waals surface area contributed by atoms with E-state index in [4.69, 9.17) is 9.90 Å². The summed E-state index contributed by atoms with van der Waals surface area (Å²) < 4.78 is 33.0. The van der Waals surface area contributed by atoms with Crippen LogP contribution in [0.3, 0.4) is 0 Å². The SMILES string of the molecule is Ic1ccccc1.O=C(O)C(F)(F)F. The first-order valence-electron chi connectivity index (χ1n) is 3.34. The second kappa shape index (κ2) is 5.84. The smallest absolute Gasteiger partial charge is 0.475 e. The number of aliphatic carboxylic acids is 1. The fourth-order valence-corrected chi connectivity index (χ4v) is 0.830. The van der Waals surface area contributed by atoms with Gasteiger partial charge in [-0.2, -0.15) is 13.2 Å². The number of hydrogen-bond acceptors (Lipinski definition) is 1. The van der Waals surface area contributed by atoms with Crippen molar-refractivity contribution in [2.75, 3.05) is 0 Å². The summed E-state index contributed by atoms with van der Waals surface area (Å²) in [7, 11) is 0. The number of carboxylic acid groups (broad SMARTS) is 1. The highest BCUT2D eigenvalue weighted by molar-refractivity contribution is 14.1. The Morgan fingerprint density at radius 1 is 1.21 bits per heavy atom. The van der Waals surface area contributed by atoms with Crippen molar-refractivity contribution < 1.29 is 23.1 Å². The van der Waals surface area contributed by atoms with Gasteiger partial charge in [0.15, 0.2) is 0 Å². The summed E-state index contributed by atoms with van der Waals surface area (Å²) in [5.41, 5.74) is 0. The Morgan fingerprint density at radius 2 is 1.57 bits per heavy atom. The fraction of sp³-hybridized carbons (Fsp3) is 0.125. The van der Waals surface area contributed by atoms with Crippen LogP contribution in [-0.4, -0.2) is 17.3 Å². The third-order valence-corrected chi connectivity index (χ3v) is 1.69. The Hall–Kier alpha value is -0.790. The van der Waals surface area contributed by atoms with Gasteiger partial charge in [-0.15, -0.1) is 0 Å². The van der Waals surface area contributed by atoms with Crippen LogP contribution < -0.4 is 0 Å². The summed E-state index contributed by atoms with van der Waals surface area (Å²) in [6.07, 6.45) is -5.08. The molecule has 0 bridgehead atoms. The molecule has 0 spiro atoms. The van der Waals surface area contributed by atoms with Crippen LogP contribution in [0, 0.1) is 3.57 Å². The lowest BCUT2D eigenvalue weighted by atomic mass is 10.4. The highest BCUT2D eigenvalue weighted by Gasteiger charge is 2.38. The molecule has 1 N–H and O–H groups in total. The van der Waals surface area contributed by atoms with Crippen LogP contribution >= 0.6 is 22.6 Å². The Bertz CT molecular complexity index is 284. The largest absolute Gasteiger partial charge is 0.490 e. The number of hydrogen-bond donors (Lipinski definition) is 1. The zero-order valence-corrected chi connectivity index (χ0v) is 8.91. The van der Waals surface area contributed by atoms with Crippen LogP contribution in [0.25, 0.3) is 0 Å². The minimum Gasteiger partial charge on any atom is -0.475 e. The maximum Gasteiger partial charge on any atom is 0.490 e. The number of alkyl halides is 3. The van der Waals surface area contributed by atoms with Gasteiger partial charge in [0.1, 0.15) is 0 Å². The van der Waals surface area contributed by atoms with Crippen molar-refractivity contribution in [2.24, 2.45) is 0 Å². The summed E-state index contributed by atoms with van der Waals surface area (Å²) in [4.78, 5) is 8.90. The molecule has 14 heavy (non-hydrogen) atoms. The van der Waals surface area contributed by atoms with Crippen molar-refractivity contribution in [2.45, 2.75) is 6.18 Å². The van der Waals surface area contributed by atoms with Crippen LogP contribution in [0.4, 0.5) is 13.2 Å². The minimum absolute atomic E-state index is 1.29. The van der Waals surface area contributed by atoms with Crippen LogP contribution in [-0.2, 0) is 4.79 Å². The van der Waals surface area contributed by atoms with Gasteiger partial charge in [-0.3, -0.25) is 0 Å². The van der Waals surface area contributed by atoms with Crippen molar-refractivity contribution in [3.8, 4) is 0 Å². The number of benzene rings is 1. The molecule has 0 unspecified atom stereocenters. The van der Waals surface area contributed by atoms with Crippen LogP contribution in [0.5, 0.6) is 0 Å². The minimum atomic E-state index is -5.08. The average Bonchev–Trinajstić information content (AvgIpc) is 2.04. The molecule has 0 fully saturated rings. The maximum absolute atomic E-state index is 10.6. The third-order valence-electron chi connectivity index (χ3n) is 0.976. The van der Waals surface area contributed by atoms with Gasteiger partial charge in [-0.05, 0) is 34.7 Å². The molecule has 0 heterocycles. The standard InChI is InChI=1S/C6H5I.C2HF3O2/c7-6-4-2-1-3-5-6;3-2(4,5)1(6)7/h1-5H;(H,6,7). The Labute approximate surface area is 91.9 Å². The molecular formula is C8H6F3IO2. The average molecular weight is 318 g/mol. The molecule has 78 valence electrons. The Morgan fingerprint density at radius 3 is 1.71 bits per heavy atom. The van der Waals surface area contributed by atoms with Gasteiger partial charge in [0.05, 0.1) is 0 Å². The summed E-state index contributed by atoms with van der Waals surface area (Å²) >= 11 is 2.28. The lowest BCUT2D eigenvalue weighted by Gasteiger charge is -1.93. The first-order chi connectivity index (χ1) is 6.34. The van der Waals surface area contributed by atoms with E-state index < -0.39 is 12.1 Å². The zero-order valence-electron chi connectivity index (χ0n) is 6.75. The monoisotopic (exact) mass is 318 g/mol. The topological polar surface area (TPSA) is 37.3 Å². The van der Waals surface area contributed by atoms with E-state index in [9.17, 15) is 13.2 Å². The van der Waals surface area contributed by atoms with Crippen molar-refractivity contribution in [1.29, 1.82) is 0 Å². The van der Waals surface area contributed by atoms with E-state index in [-0.39, 0.29) is 0 Å². The molecule has 1 rings (SSSR count). The molecule has 0 saturated heterocycles.